The number of alkyl halides is 1. The lowest BCUT2D eigenvalue weighted by Gasteiger charge is -2.09. The van der Waals surface area contributed by atoms with Crippen molar-refractivity contribution in [3.8, 4) is 0 Å². The Kier molecular flexibility index (Phi) is 4.31. The molecule has 0 bridgehead atoms. The first-order valence-electron chi connectivity index (χ1n) is 4.77. The van der Waals surface area contributed by atoms with Gasteiger partial charge < -0.3 is 5.32 Å². The lowest BCUT2D eigenvalue weighted by Crippen LogP contribution is -2.35. The molecule has 0 fully saturated rings. The Morgan fingerprint density at radius 1 is 1.31 bits per heavy atom. The first kappa shape index (κ1) is 12.5. The van der Waals surface area contributed by atoms with Gasteiger partial charge in [-0.1, -0.05) is 17.7 Å². The number of hydrogen-bond donors (Lipinski definition) is 2. The van der Waals surface area contributed by atoms with Crippen molar-refractivity contribution in [3.63, 3.8) is 0 Å². The topological polar surface area (TPSA) is 58.2 Å². The summed E-state index contributed by atoms with van der Waals surface area (Å²) in [7, 11) is 0. The van der Waals surface area contributed by atoms with Crippen LogP contribution in [0, 0.1) is 13.8 Å². The third kappa shape index (κ3) is 3.55. The van der Waals surface area contributed by atoms with Gasteiger partial charge in [0.2, 0.25) is 5.91 Å². The smallest absolute Gasteiger partial charge is 0.307 e. The minimum atomic E-state index is -0.572. The van der Waals surface area contributed by atoms with Crippen LogP contribution in [0.25, 0.3) is 0 Å². The molecule has 0 radical (unpaired) electrons. The molecule has 1 rings (SSSR count). The zero-order chi connectivity index (χ0) is 12.1. The van der Waals surface area contributed by atoms with Gasteiger partial charge in [0.1, 0.15) is 5.88 Å². The predicted molar refractivity (Wildman–Crippen MR) is 63.8 cm³/mol. The molecule has 1 aromatic carbocycles. The molecule has 5 heteroatoms. The predicted octanol–water partition coefficient (Wildman–Crippen LogP) is 2.19. The third-order valence-electron chi connectivity index (χ3n) is 2.00. The van der Waals surface area contributed by atoms with E-state index in [1.54, 1.807) is 6.07 Å². The second-order valence-electron chi connectivity index (χ2n) is 3.45. The van der Waals surface area contributed by atoms with Crippen LogP contribution in [-0.2, 0) is 4.79 Å². The van der Waals surface area contributed by atoms with Gasteiger partial charge in [0, 0.05) is 5.69 Å². The Morgan fingerprint density at radius 3 is 2.56 bits per heavy atom. The molecule has 16 heavy (non-hydrogen) atoms. The van der Waals surface area contributed by atoms with Gasteiger partial charge in [-0.2, -0.15) is 0 Å². The fraction of sp³-hybridized carbons (Fsp3) is 0.273. The molecule has 0 aliphatic rings. The maximum Gasteiger partial charge on any atom is 0.325 e. The monoisotopic (exact) mass is 240 g/mol. The van der Waals surface area contributed by atoms with Crippen molar-refractivity contribution in [3.05, 3.63) is 29.3 Å². The van der Waals surface area contributed by atoms with E-state index >= 15 is 0 Å². The van der Waals surface area contributed by atoms with Gasteiger partial charge >= 0.3 is 6.03 Å². The Labute approximate surface area is 99.0 Å². The number of anilines is 1. The van der Waals surface area contributed by atoms with E-state index in [0.717, 1.165) is 11.1 Å². The van der Waals surface area contributed by atoms with E-state index in [9.17, 15) is 9.59 Å². The summed E-state index contributed by atoms with van der Waals surface area (Å²) in [6.45, 7) is 3.85. The van der Waals surface area contributed by atoms with Crippen molar-refractivity contribution in [2.75, 3.05) is 11.2 Å². The van der Waals surface area contributed by atoms with E-state index in [-0.39, 0.29) is 5.88 Å². The van der Waals surface area contributed by atoms with Crippen LogP contribution >= 0.6 is 11.6 Å². The first-order valence-corrected chi connectivity index (χ1v) is 5.30. The molecule has 0 saturated carbocycles. The molecular formula is C11H13ClN2O2. The van der Waals surface area contributed by atoms with Crippen molar-refractivity contribution in [2.24, 2.45) is 0 Å². The molecule has 0 unspecified atom stereocenters. The van der Waals surface area contributed by atoms with Gasteiger partial charge in [-0.3, -0.25) is 10.1 Å². The van der Waals surface area contributed by atoms with Gasteiger partial charge in [-0.05, 0) is 25.5 Å². The summed E-state index contributed by atoms with van der Waals surface area (Å²) in [6, 6.07) is 5.04. The second-order valence-corrected chi connectivity index (χ2v) is 3.72. The van der Waals surface area contributed by atoms with Crippen LogP contribution in [0.3, 0.4) is 0 Å². The van der Waals surface area contributed by atoms with Crippen molar-refractivity contribution in [1.29, 1.82) is 0 Å². The number of aryl methyl sites for hydroxylation is 2. The summed E-state index contributed by atoms with van der Waals surface area (Å²) >= 11 is 5.26. The van der Waals surface area contributed by atoms with E-state index in [4.69, 9.17) is 11.6 Å². The fourth-order valence-corrected chi connectivity index (χ4v) is 1.33. The Morgan fingerprint density at radius 2 is 2.00 bits per heavy atom. The van der Waals surface area contributed by atoms with Gasteiger partial charge in [-0.25, -0.2) is 4.79 Å². The van der Waals surface area contributed by atoms with Crippen molar-refractivity contribution in [2.45, 2.75) is 13.8 Å². The van der Waals surface area contributed by atoms with Gasteiger partial charge in [0.15, 0.2) is 0 Å². The number of urea groups is 1. The molecule has 1 aromatic rings. The summed E-state index contributed by atoms with van der Waals surface area (Å²) in [4.78, 5) is 22.2. The molecule has 4 nitrogen and oxygen atoms in total. The van der Waals surface area contributed by atoms with Gasteiger partial charge in [0.25, 0.3) is 0 Å². The average molecular weight is 241 g/mol. The number of rotatable bonds is 2. The molecule has 86 valence electrons. The van der Waals surface area contributed by atoms with E-state index in [1.165, 1.54) is 0 Å². The lowest BCUT2D eigenvalue weighted by atomic mass is 10.1. The summed E-state index contributed by atoms with van der Waals surface area (Å²) in [6.07, 6.45) is 0. The van der Waals surface area contributed by atoms with E-state index in [2.05, 4.69) is 10.6 Å². The third-order valence-corrected chi connectivity index (χ3v) is 2.25. The van der Waals surface area contributed by atoms with E-state index < -0.39 is 11.9 Å². The van der Waals surface area contributed by atoms with Gasteiger partial charge in [0.05, 0.1) is 0 Å². The van der Waals surface area contributed by atoms with Crippen LogP contribution in [0.1, 0.15) is 11.1 Å². The molecule has 3 amide bonds. The number of carbonyl (C=O) groups excluding carboxylic acids is 2. The van der Waals surface area contributed by atoms with Crippen LogP contribution in [-0.4, -0.2) is 17.8 Å². The minimum absolute atomic E-state index is 0.236. The molecule has 0 aliphatic heterocycles. The van der Waals surface area contributed by atoms with Crippen LogP contribution in [0.4, 0.5) is 10.5 Å². The molecule has 0 spiro atoms. The Bertz CT molecular complexity index is 418. The molecule has 0 aliphatic carbocycles. The molecule has 2 N–H and O–H groups in total. The fourth-order valence-electron chi connectivity index (χ4n) is 1.27. The van der Waals surface area contributed by atoms with Crippen LogP contribution in [0.5, 0.6) is 0 Å². The number of hydrogen-bond acceptors (Lipinski definition) is 2. The van der Waals surface area contributed by atoms with E-state index in [1.807, 2.05) is 26.0 Å². The minimum Gasteiger partial charge on any atom is -0.307 e. The highest BCUT2D eigenvalue weighted by molar-refractivity contribution is 6.28. The van der Waals surface area contributed by atoms with Crippen molar-refractivity contribution in [1.82, 2.24) is 5.32 Å². The maximum absolute atomic E-state index is 11.3. The molecule has 0 aromatic heterocycles. The summed E-state index contributed by atoms with van der Waals surface area (Å²) in [5, 5.41) is 4.67. The number of carbonyl (C=O) groups is 2. The summed E-state index contributed by atoms with van der Waals surface area (Å²) < 4.78 is 0. The largest absolute Gasteiger partial charge is 0.325 e. The highest BCUT2D eigenvalue weighted by atomic mass is 35.5. The van der Waals surface area contributed by atoms with Crippen LogP contribution in [0.15, 0.2) is 18.2 Å². The SMILES string of the molecule is Cc1ccc(NC(=O)NC(=O)CCl)c(C)c1. The Balaban J connectivity index is 2.66. The number of benzene rings is 1. The lowest BCUT2D eigenvalue weighted by molar-refractivity contribution is -0.117. The molecule has 0 atom stereocenters. The van der Waals surface area contributed by atoms with Crippen molar-refractivity contribution >= 4 is 29.2 Å². The highest BCUT2D eigenvalue weighted by Crippen LogP contribution is 2.15. The normalized spacial score (nSPS) is 9.69. The first-order chi connectivity index (χ1) is 7.52. The quantitative estimate of drug-likeness (QED) is 0.779. The van der Waals surface area contributed by atoms with E-state index in [0.29, 0.717) is 5.69 Å². The number of halogens is 1. The second kappa shape index (κ2) is 5.51. The zero-order valence-corrected chi connectivity index (χ0v) is 9.89. The van der Waals surface area contributed by atoms with Crippen LogP contribution in [0.2, 0.25) is 0 Å². The highest BCUT2D eigenvalue weighted by Gasteiger charge is 2.07. The Hall–Kier alpha value is -1.55. The summed E-state index contributed by atoms with van der Waals surface area (Å²) in [5.41, 5.74) is 2.72. The standard InChI is InChI=1S/C11H13ClN2O2/c1-7-3-4-9(8(2)5-7)13-11(16)14-10(15)6-12/h3-5H,6H2,1-2H3,(H2,13,14,15,16). The number of amides is 3. The molecular weight excluding hydrogens is 228 g/mol. The van der Waals surface area contributed by atoms with Crippen molar-refractivity contribution < 1.29 is 9.59 Å². The zero-order valence-electron chi connectivity index (χ0n) is 9.13. The van der Waals surface area contributed by atoms with Crippen LogP contribution < -0.4 is 10.6 Å². The van der Waals surface area contributed by atoms with Gasteiger partial charge in [-0.15, -0.1) is 11.6 Å². The average Bonchev–Trinajstić information content (AvgIpc) is 2.22. The molecule has 0 heterocycles. The maximum atomic E-state index is 11.3. The number of imide groups is 1. The summed E-state index contributed by atoms with van der Waals surface area (Å²) in [5.74, 6) is -0.760. The number of nitrogens with one attached hydrogen (secondary N) is 2. The molecule has 0 saturated heterocycles.